The molecule has 4 rings (SSSR count). The van der Waals surface area contributed by atoms with Gasteiger partial charge in [0.15, 0.2) is 5.03 Å². The number of rotatable bonds is 8. The smallest absolute Gasteiger partial charge is 0.412 e. The molecule has 2 heterocycles. The first-order valence-electron chi connectivity index (χ1n) is 11.7. The quantitative estimate of drug-likeness (QED) is 0.129. The van der Waals surface area contributed by atoms with Crippen LogP contribution in [0.4, 0.5) is 15.5 Å². The minimum Gasteiger partial charge on any atom is -0.465 e. The van der Waals surface area contributed by atoms with E-state index in [4.69, 9.17) is 21.1 Å². The van der Waals surface area contributed by atoms with Crippen LogP contribution in [0.1, 0.15) is 28.4 Å². The minimum atomic E-state index is -1.07. The van der Waals surface area contributed by atoms with Gasteiger partial charge in [-0.25, -0.2) is 14.6 Å². The van der Waals surface area contributed by atoms with E-state index in [0.717, 1.165) is 42.0 Å². The van der Waals surface area contributed by atoms with Crippen LogP contribution in [0.2, 0.25) is 5.02 Å². The number of nitro groups is 1. The third kappa shape index (κ3) is 6.40. The number of thioether (sulfide) groups is 2. The molecule has 1 aliphatic heterocycles. The van der Waals surface area contributed by atoms with Gasteiger partial charge < -0.3 is 9.47 Å². The van der Waals surface area contributed by atoms with E-state index in [0.29, 0.717) is 21.3 Å². The zero-order chi connectivity index (χ0) is 29.7. The van der Waals surface area contributed by atoms with Crippen molar-refractivity contribution in [1.82, 2.24) is 0 Å². The van der Waals surface area contributed by atoms with Gasteiger partial charge in [-0.2, -0.15) is 5.10 Å². The van der Waals surface area contributed by atoms with E-state index in [2.05, 4.69) is 10.4 Å². The van der Waals surface area contributed by atoms with E-state index >= 15 is 0 Å². The maximum absolute atomic E-state index is 13.9. The van der Waals surface area contributed by atoms with Crippen molar-refractivity contribution in [2.24, 2.45) is 5.10 Å². The summed E-state index contributed by atoms with van der Waals surface area (Å²) >= 11 is 8.94. The van der Waals surface area contributed by atoms with E-state index in [-0.39, 0.29) is 26.4 Å². The number of esters is 1. The number of halogens is 1. The first kappa shape index (κ1) is 30.1. The van der Waals surface area contributed by atoms with Gasteiger partial charge in [-0.15, -0.1) is 23.1 Å². The van der Waals surface area contributed by atoms with E-state index in [1.165, 1.54) is 5.01 Å². The lowest BCUT2D eigenvalue weighted by molar-refractivity contribution is -0.376. The summed E-state index contributed by atoms with van der Waals surface area (Å²) in [6.45, 7) is 1.63. The Kier molecular flexibility index (Phi) is 9.70. The van der Waals surface area contributed by atoms with Crippen molar-refractivity contribution in [2.45, 2.75) is 11.1 Å². The van der Waals surface area contributed by atoms with Crippen LogP contribution in [-0.2, 0) is 9.47 Å². The van der Waals surface area contributed by atoms with Crippen LogP contribution in [0, 0.1) is 10.1 Å². The molecule has 0 fully saturated rings. The first-order chi connectivity index (χ1) is 19.7. The number of hydrogen-bond acceptors (Lipinski definition) is 12. The molecule has 1 aromatic heterocycles. The summed E-state index contributed by atoms with van der Waals surface area (Å²) in [5.41, 5.74) is -1.31. The Labute approximate surface area is 251 Å². The fraction of sp³-hybridized carbons (Fsp3) is 0.154. The first-order valence-corrected chi connectivity index (χ1v) is 15.0. The van der Waals surface area contributed by atoms with Crippen molar-refractivity contribution in [3.8, 4) is 0 Å². The lowest BCUT2D eigenvalue weighted by Crippen LogP contribution is -2.26. The molecular formula is C26H21ClN4O7S3. The molecule has 0 saturated heterocycles. The zero-order valence-corrected chi connectivity index (χ0v) is 24.9. The van der Waals surface area contributed by atoms with Crippen molar-refractivity contribution in [2.75, 3.05) is 30.3 Å². The summed E-state index contributed by atoms with van der Waals surface area (Å²) in [7, 11) is 1.06. The lowest BCUT2D eigenvalue weighted by atomic mass is 10.1. The van der Waals surface area contributed by atoms with E-state index in [1.807, 2.05) is 18.2 Å². The standard InChI is InChI=1S/C26H21ClN4O7S3/c1-4-38-26(34)28-22-18(24(33)37-2)20(32)17(25(39-3)41-22)19(31(35)36)23-30(16-12-10-15(27)11-13-16)29-21(40-23)14-8-6-5-7-9-14/h5-13H,4H2,1-3H3,(H,28,34)/b23-19-. The maximum atomic E-state index is 13.9. The number of amides is 1. The van der Waals surface area contributed by atoms with Gasteiger partial charge >= 0.3 is 17.8 Å². The molecule has 2 aromatic carbocycles. The SMILES string of the molecule is CCOC(=O)Nc1sc(SC)c(/C(=C2/SC(c3ccccc3)=NN2c2ccc(Cl)cc2)[N+](=O)[O-])c(=O)c1C(=O)OC. The van der Waals surface area contributed by atoms with Crippen molar-refractivity contribution in [1.29, 1.82) is 0 Å². The van der Waals surface area contributed by atoms with Crippen LogP contribution in [0.15, 0.2) is 73.7 Å². The van der Waals surface area contributed by atoms with Crippen LogP contribution in [0.3, 0.4) is 0 Å². The van der Waals surface area contributed by atoms with Crippen LogP contribution >= 0.6 is 46.5 Å². The van der Waals surface area contributed by atoms with Gasteiger partial charge in [-0.3, -0.25) is 20.2 Å². The van der Waals surface area contributed by atoms with Crippen LogP contribution in [0.5, 0.6) is 0 Å². The number of nitrogens with one attached hydrogen (secondary N) is 1. The summed E-state index contributed by atoms with van der Waals surface area (Å²) in [5.74, 6) is -1.07. The number of benzene rings is 2. The van der Waals surface area contributed by atoms with Gasteiger partial charge in [-0.1, -0.05) is 41.9 Å². The number of methoxy groups -OCH3 is 1. The monoisotopic (exact) mass is 632 g/mol. The van der Waals surface area contributed by atoms with Gasteiger partial charge in [0.25, 0.3) is 0 Å². The average molecular weight is 633 g/mol. The highest BCUT2D eigenvalue weighted by atomic mass is 35.5. The predicted octanol–water partition coefficient (Wildman–Crippen LogP) is 6.36. The molecular weight excluding hydrogens is 612 g/mol. The second-order valence-electron chi connectivity index (χ2n) is 7.91. The van der Waals surface area contributed by atoms with Gasteiger partial charge in [-0.05, 0) is 49.2 Å². The minimum absolute atomic E-state index is 0.0256. The predicted molar refractivity (Wildman–Crippen MR) is 163 cm³/mol. The third-order valence-electron chi connectivity index (χ3n) is 5.44. The van der Waals surface area contributed by atoms with E-state index in [9.17, 15) is 24.5 Å². The normalized spacial score (nSPS) is 13.9. The number of hydrogen-bond donors (Lipinski definition) is 1. The molecule has 0 aliphatic carbocycles. The van der Waals surface area contributed by atoms with Crippen LogP contribution in [0.25, 0.3) is 5.70 Å². The molecule has 0 saturated carbocycles. The molecule has 41 heavy (non-hydrogen) atoms. The summed E-state index contributed by atoms with van der Waals surface area (Å²) in [6, 6.07) is 15.6. The fourth-order valence-corrected chi connectivity index (χ4v) is 6.73. The Morgan fingerprint density at radius 2 is 1.83 bits per heavy atom. The molecule has 0 spiro atoms. The van der Waals surface area contributed by atoms with Gasteiger partial charge in [0.1, 0.15) is 21.2 Å². The summed E-state index contributed by atoms with van der Waals surface area (Å²) < 4.78 is 9.87. The van der Waals surface area contributed by atoms with Crippen LogP contribution in [-0.4, -0.2) is 42.0 Å². The molecule has 0 unspecified atom stereocenters. The fourth-order valence-electron chi connectivity index (χ4n) is 3.67. The number of carbonyl (C=O) groups excluding carboxylic acids is 2. The molecule has 1 N–H and O–H groups in total. The highest BCUT2D eigenvalue weighted by Crippen LogP contribution is 2.44. The lowest BCUT2D eigenvalue weighted by Gasteiger charge is -2.17. The molecule has 0 atom stereocenters. The largest absolute Gasteiger partial charge is 0.465 e. The number of carbonyl (C=O) groups is 2. The van der Waals surface area contributed by atoms with Crippen LogP contribution < -0.4 is 15.8 Å². The second kappa shape index (κ2) is 13.2. The molecule has 0 radical (unpaired) electrons. The summed E-state index contributed by atoms with van der Waals surface area (Å²) in [4.78, 5) is 51.0. The van der Waals surface area contributed by atoms with Gasteiger partial charge in [0, 0.05) is 10.6 Å². The number of anilines is 2. The Bertz CT molecular complexity index is 1630. The maximum Gasteiger partial charge on any atom is 0.412 e. The molecule has 1 amide bonds. The van der Waals surface area contributed by atoms with E-state index in [1.54, 1.807) is 49.6 Å². The van der Waals surface area contributed by atoms with Crippen molar-refractivity contribution in [3.63, 3.8) is 0 Å². The van der Waals surface area contributed by atoms with Gasteiger partial charge in [0.2, 0.25) is 5.43 Å². The number of hydrazone groups is 1. The summed E-state index contributed by atoms with van der Waals surface area (Å²) in [5, 5.41) is 21.9. The Balaban J connectivity index is 2.01. The Morgan fingerprint density at radius 1 is 1.15 bits per heavy atom. The average Bonchev–Trinajstić information content (AvgIpc) is 3.39. The molecule has 1 aliphatic rings. The Morgan fingerprint density at radius 3 is 2.41 bits per heavy atom. The topological polar surface area (TPSA) is 140 Å². The zero-order valence-electron chi connectivity index (χ0n) is 21.7. The second-order valence-corrected chi connectivity index (χ2v) is 11.4. The van der Waals surface area contributed by atoms with Gasteiger partial charge in [0.05, 0.1) is 28.5 Å². The molecule has 11 nitrogen and oxygen atoms in total. The highest BCUT2D eigenvalue weighted by Gasteiger charge is 2.39. The summed E-state index contributed by atoms with van der Waals surface area (Å²) in [6.07, 6.45) is 0.718. The van der Waals surface area contributed by atoms with Crippen molar-refractivity contribution < 1.29 is 24.0 Å². The molecule has 212 valence electrons. The molecule has 3 aromatic rings. The Hall–Kier alpha value is -3.85. The van der Waals surface area contributed by atoms with E-state index < -0.39 is 33.7 Å². The van der Waals surface area contributed by atoms with Crippen molar-refractivity contribution in [3.05, 3.63) is 102 Å². The highest BCUT2D eigenvalue weighted by molar-refractivity contribution is 8.18. The molecule has 15 heteroatoms. The number of nitrogens with zero attached hydrogens (tertiary/aromatic N) is 3. The third-order valence-corrected chi connectivity index (χ3v) is 8.98. The van der Waals surface area contributed by atoms with Crippen molar-refractivity contribution >= 4 is 80.0 Å². The number of ether oxygens (including phenoxy) is 2. The molecule has 0 bridgehead atoms.